The van der Waals surface area contributed by atoms with Gasteiger partial charge in [0.05, 0.1) is 16.7 Å². The Kier molecular flexibility index (Phi) is 3.71. The highest BCUT2D eigenvalue weighted by molar-refractivity contribution is 9.10. The van der Waals surface area contributed by atoms with E-state index in [4.69, 9.17) is 0 Å². The summed E-state index contributed by atoms with van der Waals surface area (Å²) in [5.74, 6) is 0.000695. The minimum atomic E-state index is -0.411. The highest BCUT2D eigenvalue weighted by Crippen LogP contribution is 2.35. The third-order valence-corrected chi connectivity index (χ3v) is 4.61. The van der Waals surface area contributed by atoms with Crippen LogP contribution < -0.4 is 10.2 Å². The summed E-state index contributed by atoms with van der Waals surface area (Å²) in [5.41, 5.74) is 1.20. The van der Waals surface area contributed by atoms with Crippen molar-refractivity contribution >= 4 is 33.2 Å². The van der Waals surface area contributed by atoms with Gasteiger partial charge in [-0.3, -0.25) is 14.9 Å². The third kappa shape index (κ3) is 2.80. The second-order valence-electron chi connectivity index (χ2n) is 5.62. The Bertz CT molecular complexity index is 616. The van der Waals surface area contributed by atoms with Gasteiger partial charge in [-0.1, -0.05) is 0 Å². The minimum Gasteiger partial charge on any atom is -0.310 e. The number of hydrogen-bond donors (Lipinski definition) is 1. The van der Waals surface area contributed by atoms with Crippen LogP contribution >= 0.6 is 15.9 Å². The lowest BCUT2D eigenvalue weighted by molar-refractivity contribution is -0.385. The summed E-state index contributed by atoms with van der Waals surface area (Å²) in [5, 5.41) is 14.4. The molecule has 0 aromatic heterocycles. The van der Waals surface area contributed by atoms with Crippen molar-refractivity contribution < 1.29 is 9.72 Å². The van der Waals surface area contributed by atoms with E-state index in [-0.39, 0.29) is 17.6 Å². The lowest BCUT2D eigenvalue weighted by Crippen LogP contribution is -2.39. The second-order valence-corrected chi connectivity index (χ2v) is 6.47. The van der Waals surface area contributed by atoms with E-state index in [0.717, 1.165) is 19.3 Å². The Hall–Kier alpha value is -1.47. The number of aryl methyl sites for hydroxylation is 1. The molecule has 3 rings (SSSR count). The van der Waals surface area contributed by atoms with E-state index < -0.39 is 4.92 Å². The van der Waals surface area contributed by atoms with Crippen molar-refractivity contribution in [3.05, 3.63) is 32.3 Å². The van der Waals surface area contributed by atoms with E-state index in [1.807, 2.05) is 0 Å². The number of halogens is 1. The maximum absolute atomic E-state index is 12.5. The molecule has 1 aromatic carbocycles. The maximum atomic E-state index is 12.5. The number of nitrogens with one attached hydrogen (secondary N) is 1. The number of nitro benzene ring substituents is 1. The van der Waals surface area contributed by atoms with Crippen molar-refractivity contribution in [2.75, 3.05) is 11.4 Å². The SMILES string of the molecule is Cc1cc(Br)c(N2CCC(NC3CC3)C2=O)cc1[N+](=O)[O-]. The molecule has 2 aliphatic rings. The van der Waals surface area contributed by atoms with E-state index in [1.54, 1.807) is 17.9 Å². The van der Waals surface area contributed by atoms with Gasteiger partial charge in [0.1, 0.15) is 0 Å². The van der Waals surface area contributed by atoms with Gasteiger partial charge >= 0.3 is 0 Å². The van der Waals surface area contributed by atoms with Crippen LogP contribution in [0.4, 0.5) is 11.4 Å². The molecule has 112 valence electrons. The van der Waals surface area contributed by atoms with Crippen molar-refractivity contribution in [2.45, 2.75) is 38.3 Å². The summed E-state index contributed by atoms with van der Waals surface area (Å²) in [7, 11) is 0. The average Bonchev–Trinajstić information content (AvgIpc) is 3.15. The Balaban J connectivity index is 1.87. The number of carbonyl (C=O) groups excluding carboxylic acids is 1. The van der Waals surface area contributed by atoms with Crippen molar-refractivity contribution in [3.63, 3.8) is 0 Å². The standard InChI is InChI=1S/C14H16BrN3O3/c1-8-6-10(15)13(7-12(8)18(20)21)17-5-4-11(14(17)19)16-9-2-3-9/h6-7,9,11,16H,2-5H2,1H3. The van der Waals surface area contributed by atoms with Gasteiger partial charge < -0.3 is 10.2 Å². The molecule has 1 aliphatic heterocycles. The normalized spacial score (nSPS) is 21.9. The first-order valence-electron chi connectivity index (χ1n) is 6.99. The molecule has 1 heterocycles. The molecule has 1 atom stereocenters. The Morgan fingerprint density at radius 2 is 2.10 bits per heavy atom. The predicted molar refractivity (Wildman–Crippen MR) is 82.4 cm³/mol. The lowest BCUT2D eigenvalue weighted by atomic mass is 10.1. The summed E-state index contributed by atoms with van der Waals surface area (Å²) >= 11 is 3.41. The van der Waals surface area contributed by atoms with Gasteiger partial charge in [0, 0.05) is 28.7 Å². The first-order chi connectivity index (χ1) is 9.97. The lowest BCUT2D eigenvalue weighted by Gasteiger charge is -2.19. The molecule has 2 fully saturated rings. The first kappa shape index (κ1) is 14.5. The Morgan fingerprint density at radius 1 is 1.38 bits per heavy atom. The van der Waals surface area contributed by atoms with Gasteiger partial charge in [-0.05, 0) is 48.2 Å². The van der Waals surface area contributed by atoms with Crippen molar-refractivity contribution in [1.82, 2.24) is 5.32 Å². The topological polar surface area (TPSA) is 75.5 Å². The molecule has 1 saturated heterocycles. The number of nitrogens with zero attached hydrogens (tertiary/aromatic N) is 2. The summed E-state index contributed by atoms with van der Waals surface area (Å²) in [6, 6.07) is 3.48. The molecule has 6 nitrogen and oxygen atoms in total. The van der Waals surface area contributed by atoms with Crippen LogP contribution in [-0.2, 0) is 4.79 Å². The van der Waals surface area contributed by atoms with Crippen LogP contribution in [0.3, 0.4) is 0 Å². The third-order valence-electron chi connectivity index (χ3n) is 3.97. The first-order valence-corrected chi connectivity index (χ1v) is 7.78. The van der Waals surface area contributed by atoms with Crippen LogP contribution in [0.1, 0.15) is 24.8 Å². The summed E-state index contributed by atoms with van der Waals surface area (Å²) < 4.78 is 0.714. The number of amides is 1. The van der Waals surface area contributed by atoms with Gasteiger partial charge in [0.2, 0.25) is 5.91 Å². The second kappa shape index (κ2) is 5.38. The monoisotopic (exact) mass is 353 g/mol. The molecule has 1 saturated carbocycles. The number of benzene rings is 1. The number of rotatable bonds is 4. The van der Waals surface area contributed by atoms with Crippen molar-refractivity contribution in [2.24, 2.45) is 0 Å². The molecule has 1 amide bonds. The molecule has 0 radical (unpaired) electrons. The largest absolute Gasteiger partial charge is 0.310 e. The zero-order chi connectivity index (χ0) is 15.1. The van der Waals surface area contributed by atoms with Gasteiger partial charge in [0.15, 0.2) is 0 Å². The highest BCUT2D eigenvalue weighted by Gasteiger charge is 2.37. The Labute approximate surface area is 130 Å². The fraction of sp³-hybridized carbons (Fsp3) is 0.500. The van der Waals surface area contributed by atoms with Crippen LogP contribution in [0.25, 0.3) is 0 Å². The molecular formula is C14H16BrN3O3. The number of hydrogen-bond acceptors (Lipinski definition) is 4. The van der Waals surface area contributed by atoms with Crippen LogP contribution in [0.15, 0.2) is 16.6 Å². The van der Waals surface area contributed by atoms with Gasteiger partial charge in [-0.2, -0.15) is 0 Å². The maximum Gasteiger partial charge on any atom is 0.274 e. The summed E-state index contributed by atoms with van der Waals surface area (Å²) in [4.78, 5) is 24.8. The molecule has 1 unspecified atom stereocenters. The van der Waals surface area contributed by atoms with E-state index in [2.05, 4.69) is 21.2 Å². The van der Waals surface area contributed by atoms with Crippen molar-refractivity contribution in [1.29, 1.82) is 0 Å². The molecule has 0 spiro atoms. The van der Waals surface area contributed by atoms with Crippen LogP contribution in [0.2, 0.25) is 0 Å². The zero-order valence-electron chi connectivity index (χ0n) is 11.6. The van der Waals surface area contributed by atoms with Crippen LogP contribution in [-0.4, -0.2) is 29.5 Å². The number of anilines is 1. The van der Waals surface area contributed by atoms with E-state index in [1.165, 1.54) is 6.07 Å². The molecule has 1 aliphatic carbocycles. The number of carbonyl (C=O) groups is 1. The fourth-order valence-corrected chi connectivity index (χ4v) is 3.33. The quantitative estimate of drug-likeness (QED) is 0.666. The highest BCUT2D eigenvalue weighted by atomic mass is 79.9. The van der Waals surface area contributed by atoms with Gasteiger partial charge in [0.25, 0.3) is 5.69 Å². The van der Waals surface area contributed by atoms with Gasteiger partial charge in [-0.15, -0.1) is 0 Å². The molecular weight excluding hydrogens is 338 g/mol. The average molecular weight is 354 g/mol. The molecule has 7 heteroatoms. The van der Waals surface area contributed by atoms with Crippen LogP contribution in [0, 0.1) is 17.0 Å². The fourth-order valence-electron chi connectivity index (χ4n) is 2.66. The molecule has 1 aromatic rings. The minimum absolute atomic E-state index is 0.000695. The van der Waals surface area contributed by atoms with Gasteiger partial charge in [-0.25, -0.2) is 0 Å². The molecule has 1 N–H and O–H groups in total. The zero-order valence-corrected chi connectivity index (χ0v) is 13.2. The predicted octanol–water partition coefficient (Wildman–Crippen LogP) is 2.52. The smallest absolute Gasteiger partial charge is 0.274 e. The summed E-state index contributed by atoms with van der Waals surface area (Å²) in [6.45, 7) is 2.28. The molecule has 21 heavy (non-hydrogen) atoms. The Morgan fingerprint density at radius 3 is 2.71 bits per heavy atom. The molecule has 0 bridgehead atoms. The number of nitro groups is 1. The summed E-state index contributed by atoms with van der Waals surface area (Å²) in [6.07, 6.45) is 3.00. The van der Waals surface area contributed by atoms with Crippen LogP contribution in [0.5, 0.6) is 0 Å². The van der Waals surface area contributed by atoms with E-state index >= 15 is 0 Å². The van der Waals surface area contributed by atoms with Crippen molar-refractivity contribution in [3.8, 4) is 0 Å². The van der Waals surface area contributed by atoms with E-state index in [0.29, 0.717) is 28.3 Å². The van der Waals surface area contributed by atoms with E-state index in [9.17, 15) is 14.9 Å².